The van der Waals surface area contributed by atoms with E-state index in [0.717, 1.165) is 33.7 Å². The van der Waals surface area contributed by atoms with Crippen molar-refractivity contribution in [3.8, 4) is 22.4 Å². The normalized spacial score (nSPS) is 11.3. The second-order valence-corrected chi connectivity index (χ2v) is 7.83. The second-order valence-electron chi connectivity index (χ2n) is 7.83. The minimum absolute atomic E-state index is 0.287. The summed E-state index contributed by atoms with van der Waals surface area (Å²) >= 11 is 0. The van der Waals surface area contributed by atoms with E-state index in [-0.39, 0.29) is 6.61 Å². The Balaban J connectivity index is 1.98. The van der Waals surface area contributed by atoms with Crippen molar-refractivity contribution >= 4 is 11.7 Å². The molecule has 0 saturated heterocycles. The van der Waals surface area contributed by atoms with Crippen molar-refractivity contribution in [3.63, 3.8) is 0 Å². The number of carbonyl (C=O) groups excluding carboxylic acids is 1. The fourth-order valence-corrected chi connectivity index (χ4v) is 3.66. The van der Waals surface area contributed by atoms with Gasteiger partial charge in [-0.1, -0.05) is 78.4 Å². The molecule has 4 rings (SSSR count). The van der Waals surface area contributed by atoms with Gasteiger partial charge in [-0.15, -0.1) is 0 Å². The van der Waals surface area contributed by atoms with Gasteiger partial charge in [0.15, 0.2) is 0 Å². The van der Waals surface area contributed by atoms with E-state index < -0.39 is 5.97 Å². The molecule has 0 bridgehead atoms. The molecule has 0 spiro atoms. The number of pyridine rings is 1. The van der Waals surface area contributed by atoms with E-state index in [0.29, 0.717) is 5.69 Å². The molecule has 0 saturated carbocycles. The molecule has 0 amide bonds. The number of aryl methyl sites for hydroxylation is 1. The molecule has 33 heavy (non-hydrogen) atoms. The molecular formula is C29H27N2O2+. The van der Waals surface area contributed by atoms with Gasteiger partial charge in [0.2, 0.25) is 5.69 Å². The van der Waals surface area contributed by atoms with Crippen molar-refractivity contribution in [2.75, 3.05) is 6.61 Å². The number of esters is 1. The van der Waals surface area contributed by atoms with Crippen LogP contribution in [0.1, 0.15) is 35.5 Å². The van der Waals surface area contributed by atoms with Crippen LogP contribution in [0.5, 0.6) is 0 Å². The van der Waals surface area contributed by atoms with Gasteiger partial charge >= 0.3 is 11.7 Å². The number of nitrogens with zero attached hydrogens (tertiary/aromatic N) is 2. The summed E-state index contributed by atoms with van der Waals surface area (Å²) in [4.78, 5) is 13.1. The smallest absolute Gasteiger partial charge is 0.406 e. The van der Waals surface area contributed by atoms with E-state index in [1.807, 2.05) is 92.7 Å². The minimum Gasteiger partial charge on any atom is -0.458 e. The Hall–Kier alpha value is -4.05. The van der Waals surface area contributed by atoms with Crippen LogP contribution in [0.4, 0.5) is 0 Å². The molecule has 164 valence electrons. The lowest BCUT2D eigenvalue weighted by Gasteiger charge is -2.09. The molecular weight excluding hydrogens is 408 g/mol. The third kappa shape index (κ3) is 5.07. The molecule has 4 aromatic rings. The van der Waals surface area contributed by atoms with Gasteiger partial charge < -0.3 is 4.74 Å². The molecule has 0 radical (unpaired) electrons. The van der Waals surface area contributed by atoms with Crippen molar-refractivity contribution in [2.45, 2.75) is 20.8 Å². The van der Waals surface area contributed by atoms with Crippen LogP contribution >= 0.6 is 0 Å². The highest BCUT2D eigenvalue weighted by Gasteiger charge is 2.28. The van der Waals surface area contributed by atoms with Crippen molar-refractivity contribution in [2.24, 2.45) is 5.10 Å². The van der Waals surface area contributed by atoms with Crippen LogP contribution in [0.15, 0.2) is 102 Å². The monoisotopic (exact) mass is 435 g/mol. The third-order valence-electron chi connectivity index (χ3n) is 5.42. The maximum absolute atomic E-state index is 13.1. The molecule has 0 aliphatic heterocycles. The highest BCUT2D eigenvalue weighted by molar-refractivity contribution is 5.98. The van der Waals surface area contributed by atoms with Gasteiger partial charge in [-0.05, 0) is 48.7 Å². The van der Waals surface area contributed by atoms with Gasteiger partial charge in [0.25, 0.3) is 0 Å². The lowest BCUT2D eigenvalue weighted by Crippen LogP contribution is -2.40. The molecule has 3 aromatic carbocycles. The fraction of sp³-hybridized carbons (Fsp3) is 0.138. The molecule has 4 nitrogen and oxygen atoms in total. The van der Waals surface area contributed by atoms with Gasteiger partial charge in [0, 0.05) is 28.4 Å². The predicted octanol–water partition coefficient (Wildman–Crippen LogP) is 6.07. The van der Waals surface area contributed by atoms with Crippen molar-refractivity contribution in [1.29, 1.82) is 0 Å². The molecule has 0 aliphatic carbocycles. The molecule has 1 heterocycles. The van der Waals surface area contributed by atoms with Gasteiger partial charge in [-0.3, -0.25) is 0 Å². The lowest BCUT2D eigenvalue weighted by molar-refractivity contribution is -0.670. The first-order chi connectivity index (χ1) is 16.1. The number of carbonyl (C=O) groups is 1. The van der Waals surface area contributed by atoms with Crippen LogP contribution < -0.4 is 4.68 Å². The number of aromatic nitrogens is 1. The van der Waals surface area contributed by atoms with Crippen LogP contribution in [0.2, 0.25) is 0 Å². The number of rotatable bonds is 6. The zero-order valence-corrected chi connectivity index (χ0v) is 19.2. The summed E-state index contributed by atoms with van der Waals surface area (Å²) in [7, 11) is 0. The Labute approximate surface area is 194 Å². The van der Waals surface area contributed by atoms with Crippen LogP contribution in [0.25, 0.3) is 22.4 Å². The summed E-state index contributed by atoms with van der Waals surface area (Å²) in [5, 5.41) is 4.91. The van der Waals surface area contributed by atoms with Crippen molar-refractivity contribution < 1.29 is 14.2 Å². The SMILES string of the molecule is CCOC(=O)c1cc(-c2ccccc2)cc(-c2ccccc2)[n+]1N=C(C)c1ccc(C)cc1. The molecule has 0 fully saturated rings. The molecule has 0 atom stereocenters. The Morgan fingerprint density at radius 3 is 2.03 bits per heavy atom. The first-order valence-corrected chi connectivity index (χ1v) is 11.1. The Morgan fingerprint density at radius 1 is 0.818 bits per heavy atom. The summed E-state index contributed by atoms with van der Waals surface area (Å²) < 4.78 is 7.13. The largest absolute Gasteiger partial charge is 0.458 e. The number of benzene rings is 3. The zero-order chi connectivity index (χ0) is 23.2. The summed E-state index contributed by atoms with van der Waals surface area (Å²) in [6, 6.07) is 32.1. The standard InChI is InChI=1S/C29H27N2O2/c1-4-33-29(32)28-20-26(24-11-7-5-8-12-24)19-27(25-13-9-6-10-14-25)31(28)30-22(3)23-17-15-21(2)16-18-23/h5-20H,4H2,1-3H3/q+1. The minimum atomic E-state index is -0.409. The lowest BCUT2D eigenvalue weighted by atomic mass is 10.0. The van der Waals surface area contributed by atoms with Gasteiger partial charge in [-0.2, -0.15) is 0 Å². The fourth-order valence-electron chi connectivity index (χ4n) is 3.66. The van der Waals surface area contributed by atoms with E-state index in [9.17, 15) is 4.79 Å². The first-order valence-electron chi connectivity index (χ1n) is 11.1. The van der Waals surface area contributed by atoms with Crippen LogP contribution in [0, 0.1) is 6.92 Å². The van der Waals surface area contributed by atoms with Crippen LogP contribution in [-0.4, -0.2) is 18.3 Å². The highest BCUT2D eigenvalue weighted by atomic mass is 16.5. The molecule has 1 aromatic heterocycles. The maximum Gasteiger partial charge on any atom is 0.406 e. The van der Waals surface area contributed by atoms with Crippen molar-refractivity contribution in [1.82, 2.24) is 0 Å². The summed E-state index contributed by atoms with van der Waals surface area (Å²) in [5.41, 5.74) is 7.08. The van der Waals surface area contributed by atoms with E-state index >= 15 is 0 Å². The van der Waals surface area contributed by atoms with Crippen molar-refractivity contribution in [3.05, 3.63) is 114 Å². The Morgan fingerprint density at radius 2 is 1.42 bits per heavy atom. The molecule has 4 heteroatoms. The van der Waals surface area contributed by atoms with E-state index in [4.69, 9.17) is 9.84 Å². The molecule has 0 aliphatic rings. The predicted molar refractivity (Wildman–Crippen MR) is 132 cm³/mol. The Kier molecular flexibility index (Phi) is 6.75. The first kappa shape index (κ1) is 22.2. The van der Waals surface area contributed by atoms with Gasteiger partial charge in [0.05, 0.1) is 6.61 Å². The van der Waals surface area contributed by atoms with Gasteiger partial charge in [0.1, 0.15) is 5.71 Å². The average Bonchev–Trinajstić information content (AvgIpc) is 2.85. The second kappa shape index (κ2) is 10.0. The topological polar surface area (TPSA) is 42.5 Å². The molecule has 0 N–H and O–H groups in total. The van der Waals surface area contributed by atoms with E-state index in [2.05, 4.69) is 25.1 Å². The van der Waals surface area contributed by atoms with E-state index in [1.54, 1.807) is 4.68 Å². The summed E-state index contributed by atoms with van der Waals surface area (Å²) in [6.45, 7) is 6.10. The van der Waals surface area contributed by atoms with Crippen LogP contribution in [0.3, 0.4) is 0 Å². The quantitative estimate of drug-likeness (QED) is 0.210. The number of hydrogen-bond donors (Lipinski definition) is 0. The number of ether oxygens (including phenoxy) is 1. The zero-order valence-electron chi connectivity index (χ0n) is 19.2. The highest BCUT2D eigenvalue weighted by Crippen LogP contribution is 2.25. The van der Waals surface area contributed by atoms with E-state index in [1.165, 1.54) is 5.56 Å². The summed E-state index contributed by atoms with van der Waals surface area (Å²) in [5.74, 6) is -0.409. The Bertz CT molecular complexity index is 1280. The number of hydrogen-bond acceptors (Lipinski definition) is 3. The third-order valence-corrected chi connectivity index (χ3v) is 5.42. The van der Waals surface area contributed by atoms with Gasteiger partial charge in [-0.25, -0.2) is 4.79 Å². The molecule has 0 unspecified atom stereocenters. The summed E-state index contributed by atoms with van der Waals surface area (Å²) in [6.07, 6.45) is 0. The maximum atomic E-state index is 13.1. The average molecular weight is 436 g/mol. The van der Waals surface area contributed by atoms with Crippen LogP contribution in [-0.2, 0) is 4.74 Å².